The summed E-state index contributed by atoms with van der Waals surface area (Å²) in [5.74, 6) is -0.210. The van der Waals surface area contributed by atoms with Gasteiger partial charge in [0.15, 0.2) is 5.65 Å². The molecule has 0 saturated heterocycles. The van der Waals surface area contributed by atoms with Crippen LogP contribution in [-0.4, -0.2) is 27.2 Å². The van der Waals surface area contributed by atoms with Gasteiger partial charge in [-0.15, -0.1) is 0 Å². The number of amides is 1. The van der Waals surface area contributed by atoms with Crippen molar-refractivity contribution in [3.8, 4) is 5.69 Å². The summed E-state index contributed by atoms with van der Waals surface area (Å²) >= 11 is 6.49. The minimum atomic E-state index is -0.210. The van der Waals surface area contributed by atoms with Crippen LogP contribution in [0.4, 0.5) is 0 Å². The Balaban J connectivity index is 2.12. The predicted molar refractivity (Wildman–Crippen MR) is 96.0 cm³/mol. The molecule has 0 atom stereocenters. The maximum Gasteiger partial charge on any atom is 0.254 e. The molecular formula is C18H19ClN4O. The van der Waals surface area contributed by atoms with Gasteiger partial charge in [0.2, 0.25) is 0 Å². The number of carbonyl (C=O) groups is 1. The van der Waals surface area contributed by atoms with Crippen LogP contribution in [-0.2, 0) is 0 Å². The second-order valence-corrected chi connectivity index (χ2v) is 6.15. The van der Waals surface area contributed by atoms with E-state index < -0.39 is 0 Å². The van der Waals surface area contributed by atoms with E-state index in [4.69, 9.17) is 11.6 Å². The van der Waals surface area contributed by atoms with E-state index >= 15 is 0 Å². The molecule has 0 unspecified atom stereocenters. The number of aromatic nitrogens is 3. The first-order chi connectivity index (χ1) is 11.5. The normalized spacial score (nSPS) is 11.0. The lowest BCUT2D eigenvalue weighted by molar-refractivity contribution is 0.0953. The highest BCUT2D eigenvalue weighted by atomic mass is 35.5. The van der Waals surface area contributed by atoms with Crippen LogP contribution in [0.25, 0.3) is 16.7 Å². The Bertz CT molecular complexity index is 900. The second-order valence-electron chi connectivity index (χ2n) is 5.77. The molecule has 3 aromatic rings. The van der Waals surface area contributed by atoms with E-state index in [0.29, 0.717) is 28.2 Å². The van der Waals surface area contributed by atoms with Crippen LogP contribution in [0.1, 0.15) is 35.0 Å². The van der Waals surface area contributed by atoms with Crippen molar-refractivity contribution in [3.05, 3.63) is 52.3 Å². The van der Waals surface area contributed by atoms with Gasteiger partial charge in [-0.3, -0.25) is 4.79 Å². The average Bonchev–Trinajstić information content (AvgIpc) is 2.91. The van der Waals surface area contributed by atoms with Gasteiger partial charge in [0.25, 0.3) is 5.91 Å². The van der Waals surface area contributed by atoms with Crippen molar-refractivity contribution in [2.75, 3.05) is 6.54 Å². The number of nitrogens with zero attached hydrogens (tertiary/aromatic N) is 3. The van der Waals surface area contributed by atoms with Gasteiger partial charge >= 0.3 is 0 Å². The van der Waals surface area contributed by atoms with E-state index in [1.807, 2.05) is 45.0 Å². The van der Waals surface area contributed by atoms with Crippen molar-refractivity contribution < 1.29 is 4.79 Å². The molecular weight excluding hydrogens is 324 g/mol. The molecule has 1 N–H and O–H groups in total. The molecule has 0 fully saturated rings. The predicted octanol–water partition coefficient (Wildman–Crippen LogP) is 3.83. The minimum Gasteiger partial charge on any atom is -0.352 e. The highest BCUT2D eigenvalue weighted by molar-refractivity contribution is 6.38. The molecule has 0 bridgehead atoms. The molecule has 24 heavy (non-hydrogen) atoms. The Hall–Kier alpha value is -2.40. The van der Waals surface area contributed by atoms with Crippen molar-refractivity contribution in [2.24, 2.45) is 0 Å². The van der Waals surface area contributed by atoms with Crippen molar-refractivity contribution in [1.29, 1.82) is 0 Å². The maximum atomic E-state index is 12.2. The summed E-state index contributed by atoms with van der Waals surface area (Å²) in [6.07, 6.45) is 2.38. The largest absolute Gasteiger partial charge is 0.352 e. The SMILES string of the molecule is CCCNC(=O)c1cnc2c(c(C)nn2-c2ccc(C)cc2)c1Cl. The maximum absolute atomic E-state index is 12.2. The zero-order valence-corrected chi connectivity index (χ0v) is 14.7. The van der Waals surface area contributed by atoms with E-state index in [2.05, 4.69) is 15.4 Å². The third-order valence-electron chi connectivity index (χ3n) is 3.87. The van der Waals surface area contributed by atoms with Gasteiger partial charge in [-0.2, -0.15) is 5.10 Å². The molecule has 0 spiro atoms. The Morgan fingerprint density at radius 2 is 1.96 bits per heavy atom. The number of fused-ring (bicyclic) bond motifs is 1. The van der Waals surface area contributed by atoms with Crippen LogP contribution >= 0.6 is 11.6 Å². The molecule has 0 saturated carbocycles. The van der Waals surface area contributed by atoms with Gasteiger partial charge in [-0.25, -0.2) is 9.67 Å². The molecule has 1 amide bonds. The van der Waals surface area contributed by atoms with Crippen LogP contribution in [0.15, 0.2) is 30.5 Å². The van der Waals surface area contributed by atoms with E-state index in [-0.39, 0.29) is 5.91 Å². The molecule has 5 nitrogen and oxygen atoms in total. The van der Waals surface area contributed by atoms with Gasteiger partial charge in [-0.05, 0) is 32.4 Å². The van der Waals surface area contributed by atoms with Crippen molar-refractivity contribution in [1.82, 2.24) is 20.1 Å². The Morgan fingerprint density at radius 1 is 1.25 bits per heavy atom. The summed E-state index contributed by atoms with van der Waals surface area (Å²) in [5.41, 5.74) is 3.85. The summed E-state index contributed by atoms with van der Waals surface area (Å²) in [4.78, 5) is 16.7. The number of hydrogen-bond donors (Lipinski definition) is 1. The highest BCUT2D eigenvalue weighted by Gasteiger charge is 2.19. The molecule has 2 heterocycles. The van der Waals surface area contributed by atoms with Gasteiger partial charge < -0.3 is 5.32 Å². The Kier molecular flexibility index (Phi) is 4.53. The monoisotopic (exact) mass is 342 g/mol. The number of rotatable bonds is 4. The molecule has 0 radical (unpaired) electrons. The van der Waals surface area contributed by atoms with E-state index in [9.17, 15) is 4.79 Å². The topological polar surface area (TPSA) is 59.8 Å². The third-order valence-corrected chi connectivity index (χ3v) is 4.26. The fourth-order valence-corrected chi connectivity index (χ4v) is 2.92. The van der Waals surface area contributed by atoms with E-state index in [0.717, 1.165) is 17.8 Å². The summed E-state index contributed by atoms with van der Waals surface area (Å²) in [6, 6.07) is 8.01. The molecule has 0 aliphatic rings. The number of pyridine rings is 1. The number of nitrogens with one attached hydrogen (secondary N) is 1. The van der Waals surface area contributed by atoms with Crippen molar-refractivity contribution in [3.63, 3.8) is 0 Å². The van der Waals surface area contributed by atoms with E-state index in [1.54, 1.807) is 4.68 Å². The van der Waals surface area contributed by atoms with Gasteiger partial charge in [0.1, 0.15) is 0 Å². The van der Waals surface area contributed by atoms with Crippen molar-refractivity contribution >= 4 is 28.5 Å². The fraction of sp³-hybridized carbons (Fsp3) is 0.278. The summed E-state index contributed by atoms with van der Waals surface area (Å²) < 4.78 is 1.75. The van der Waals surface area contributed by atoms with Gasteiger partial charge in [0, 0.05) is 12.7 Å². The molecule has 0 aliphatic carbocycles. The van der Waals surface area contributed by atoms with Crippen LogP contribution in [0.3, 0.4) is 0 Å². The first kappa shape index (κ1) is 16.5. The molecule has 3 rings (SSSR count). The zero-order chi connectivity index (χ0) is 17.3. The zero-order valence-electron chi connectivity index (χ0n) is 13.9. The smallest absolute Gasteiger partial charge is 0.254 e. The summed E-state index contributed by atoms with van der Waals surface area (Å²) in [7, 11) is 0. The van der Waals surface area contributed by atoms with Crippen LogP contribution < -0.4 is 5.32 Å². The number of aryl methyl sites for hydroxylation is 2. The second kappa shape index (κ2) is 6.61. The summed E-state index contributed by atoms with van der Waals surface area (Å²) in [6.45, 7) is 6.51. The number of halogens is 1. The number of carbonyl (C=O) groups excluding carboxylic acids is 1. The standard InChI is InChI=1S/C18H19ClN4O/c1-4-9-20-18(24)14-10-21-17-15(16(14)19)12(3)22-23(17)13-7-5-11(2)6-8-13/h5-8,10H,4,9H2,1-3H3,(H,20,24). The Labute approximate surface area is 145 Å². The minimum absolute atomic E-state index is 0.210. The molecule has 124 valence electrons. The Morgan fingerprint density at radius 3 is 2.62 bits per heavy atom. The van der Waals surface area contributed by atoms with Crippen LogP contribution in [0, 0.1) is 13.8 Å². The lowest BCUT2D eigenvalue weighted by atomic mass is 10.2. The van der Waals surface area contributed by atoms with Gasteiger partial charge in [-0.1, -0.05) is 36.2 Å². The first-order valence-corrected chi connectivity index (χ1v) is 8.29. The van der Waals surface area contributed by atoms with Crippen LogP contribution in [0.2, 0.25) is 5.02 Å². The number of benzene rings is 1. The molecule has 6 heteroatoms. The number of hydrogen-bond acceptors (Lipinski definition) is 3. The highest BCUT2D eigenvalue weighted by Crippen LogP contribution is 2.29. The third kappa shape index (κ3) is 2.87. The van der Waals surface area contributed by atoms with Crippen molar-refractivity contribution in [2.45, 2.75) is 27.2 Å². The summed E-state index contributed by atoms with van der Waals surface area (Å²) in [5, 5.41) is 8.48. The molecule has 2 aromatic heterocycles. The van der Waals surface area contributed by atoms with Gasteiger partial charge in [0.05, 0.1) is 27.4 Å². The fourth-order valence-electron chi connectivity index (χ4n) is 2.57. The quantitative estimate of drug-likeness (QED) is 0.783. The average molecular weight is 343 g/mol. The lowest BCUT2D eigenvalue weighted by Crippen LogP contribution is -2.24. The van der Waals surface area contributed by atoms with E-state index in [1.165, 1.54) is 11.8 Å². The lowest BCUT2D eigenvalue weighted by Gasteiger charge is -2.07. The van der Waals surface area contributed by atoms with Crippen LogP contribution in [0.5, 0.6) is 0 Å². The first-order valence-electron chi connectivity index (χ1n) is 7.92. The molecule has 1 aromatic carbocycles. The molecule has 0 aliphatic heterocycles.